The van der Waals surface area contributed by atoms with Gasteiger partial charge in [-0.3, -0.25) is 4.79 Å². The van der Waals surface area contributed by atoms with E-state index in [1.165, 1.54) is 0 Å². The van der Waals surface area contributed by atoms with Crippen LogP contribution < -0.4 is 5.32 Å². The van der Waals surface area contributed by atoms with Gasteiger partial charge in [0.15, 0.2) is 0 Å². The lowest BCUT2D eigenvalue weighted by Gasteiger charge is -2.15. The number of aliphatic carboxylic acids is 1. The molecule has 0 saturated carbocycles. The van der Waals surface area contributed by atoms with Gasteiger partial charge in [0.1, 0.15) is 6.04 Å². The van der Waals surface area contributed by atoms with E-state index in [0.29, 0.717) is 0 Å². The Morgan fingerprint density at radius 1 is 0.923 bits per heavy atom. The molecule has 0 aliphatic heterocycles. The topological polar surface area (TPSA) is 66.4 Å². The number of halogens is 1. The van der Waals surface area contributed by atoms with E-state index in [0.717, 1.165) is 25.5 Å². The molecule has 2 N–H and O–H groups in total. The molecule has 3 aromatic rings. The summed E-state index contributed by atoms with van der Waals surface area (Å²) in [4.78, 5) is 23.9. The van der Waals surface area contributed by atoms with Crippen LogP contribution in [-0.2, 0) is 22.4 Å². The number of amides is 1. The van der Waals surface area contributed by atoms with E-state index in [9.17, 15) is 14.7 Å². The van der Waals surface area contributed by atoms with Crippen molar-refractivity contribution in [2.45, 2.75) is 18.9 Å². The van der Waals surface area contributed by atoms with Crippen LogP contribution in [0.25, 0.3) is 10.8 Å². The largest absolute Gasteiger partial charge is 0.480 e. The molecule has 4 nitrogen and oxygen atoms in total. The quantitative estimate of drug-likeness (QED) is 0.552. The summed E-state index contributed by atoms with van der Waals surface area (Å²) in [7, 11) is 0. The van der Waals surface area contributed by atoms with E-state index in [1.807, 2.05) is 66.7 Å². The van der Waals surface area contributed by atoms with Crippen molar-refractivity contribution < 1.29 is 14.7 Å². The number of fused-ring (bicyclic) bond motifs is 1. The predicted molar refractivity (Wildman–Crippen MR) is 110 cm³/mol. The third-order valence-corrected chi connectivity index (χ3v) is 4.81. The number of nitrogens with one attached hydrogen (secondary N) is 1. The number of carbonyl (C=O) groups excluding carboxylic acids is 1. The van der Waals surface area contributed by atoms with Crippen molar-refractivity contribution in [3.8, 4) is 0 Å². The van der Waals surface area contributed by atoms with Gasteiger partial charge in [0.2, 0.25) is 5.91 Å². The lowest BCUT2D eigenvalue weighted by Crippen LogP contribution is -2.43. The van der Waals surface area contributed by atoms with Crippen LogP contribution in [0.5, 0.6) is 0 Å². The normalized spacial score (nSPS) is 11.9. The first kappa shape index (κ1) is 18.4. The summed E-state index contributed by atoms with van der Waals surface area (Å²) in [6, 6.07) is 20.4. The molecular formula is C21H18INO3. The molecule has 132 valence electrons. The zero-order valence-corrected chi connectivity index (χ0v) is 16.1. The molecule has 0 aliphatic carbocycles. The molecule has 5 heteroatoms. The summed E-state index contributed by atoms with van der Waals surface area (Å²) in [6.07, 6.45) is 0.413. The number of rotatable bonds is 6. The van der Waals surface area contributed by atoms with Crippen LogP contribution in [0.15, 0.2) is 66.7 Å². The monoisotopic (exact) mass is 459 g/mol. The molecular weight excluding hydrogens is 441 g/mol. The average molecular weight is 459 g/mol. The molecule has 0 spiro atoms. The first-order chi connectivity index (χ1) is 12.5. The lowest BCUT2D eigenvalue weighted by molar-refractivity contribution is -0.141. The summed E-state index contributed by atoms with van der Waals surface area (Å²) in [5, 5.41) is 14.3. The molecule has 0 aliphatic rings. The van der Waals surface area contributed by atoms with E-state index in [4.69, 9.17) is 0 Å². The van der Waals surface area contributed by atoms with Crippen LogP contribution in [0.4, 0.5) is 0 Å². The van der Waals surface area contributed by atoms with E-state index in [2.05, 4.69) is 27.9 Å². The predicted octanol–water partition coefficient (Wildman–Crippen LogP) is 3.80. The molecule has 0 saturated heterocycles. The van der Waals surface area contributed by atoms with Gasteiger partial charge >= 0.3 is 5.97 Å². The molecule has 0 bridgehead atoms. The lowest BCUT2D eigenvalue weighted by atomic mass is 10.0. The first-order valence-electron chi connectivity index (χ1n) is 8.25. The third kappa shape index (κ3) is 4.82. The Labute approximate surface area is 165 Å². The third-order valence-electron chi connectivity index (χ3n) is 4.14. The number of carboxylic acids is 1. The van der Waals surface area contributed by atoms with Gasteiger partial charge in [-0.2, -0.15) is 0 Å². The van der Waals surface area contributed by atoms with Crippen LogP contribution in [0.2, 0.25) is 0 Å². The summed E-state index contributed by atoms with van der Waals surface area (Å²) in [5.74, 6) is -1.32. The zero-order chi connectivity index (χ0) is 18.5. The van der Waals surface area contributed by atoms with E-state index in [1.54, 1.807) is 0 Å². The Morgan fingerprint density at radius 2 is 1.69 bits per heavy atom. The maximum atomic E-state index is 12.3. The standard InChI is InChI=1S/C21H18INO3/c22-18-7-3-4-14(11-18)12-19(21(25)26)23-20(24)13-15-8-9-16-5-1-2-6-17(16)10-15/h1-11,19H,12-13H2,(H,23,24)(H,25,26)/t19-/m0/s1. The molecule has 0 fully saturated rings. The molecule has 0 unspecified atom stereocenters. The Bertz CT molecular complexity index is 955. The molecule has 0 aromatic heterocycles. The van der Waals surface area contributed by atoms with Gasteiger partial charge in [-0.25, -0.2) is 4.79 Å². The van der Waals surface area contributed by atoms with Crippen LogP contribution in [0.3, 0.4) is 0 Å². The Kier molecular flexibility index (Phi) is 5.88. The van der Waals surface area contributed by atoms with Gasteiger partial charge in [0.05, 0.1) is 6.42 Å². The second-order valence-electron chi connectivity index (χ2n) is 6.15. The van der Waals surface area contributed by atoms with Crippen molar-refractivity contribution in [3.05, 3.63) is 81.4 Å². The van der Waals surface area contributed by atoms with E-state index in [-0.39, 0.29) is 18.7 Å². The van der Waals surface area contributed by atoms with Crippen molar-refractivity contribution in [2.75, 3.05) is 0 Å². The van der Waals surface area contributed by atoms with Gasteiger partial charge < -0.3 is 10.4 Å². The molecule has 1 amide bonds. The SMILES string of the molecule is O=C(Cc1ccc2ccccc2c1)N[C@@H](Cc1cccc(I)c1)C(=O)O. The second kappa shape index (κ2) is 8.31. The van der Waals surface area contributed by atoms with Crippen LogP contribution in [0.1, 0.15) is 11.1 Å². The van der Waals surface area contributed by atoms with E-state index < -0.39 is 12.0 Å². The van der Waals surface area contributed by atoms with Crippen LogP contribution in [0, 0.1) is 3.57 Å². The van der Waals surface area contributed by atoms with E-state index >= 15 is 0 Å². The van der Waals surface area contributed by atoms with Gasteiger partial charge in [-0.15, -0.1) is 0 Å². The van der Waals surface area contributed by atoms with Gasteiger partial charge in [0, 0.05) is 9.99 Å². The summed E-state index contributed by atoms with van der Waals surface area (Å²) >= 11 is 2.18. The highest BCUT2D eigenvalue weighted by Crippen LogP contribution is 2.16. The summed E-state index contributed by atoms with van der Waals surface area (Å²) in [6.45, 7) is 0. The summed E-state index contributed by atoms with van der Waals surface area (Å²) in [5.41, 5.74) is 1.75. The van der Waals surface area contributed by atoms with Crippen molar-refractivity contribution in [2.24, 2.45) is 0 Å². The fraction of sp³-hybridized carbons (Fsp3) is 0.143. The second-order valence-corrected chi connectivity index (χ2v) is 7.40. The number of benzene rings is 3. The average Bonchev–Trinajstić information content (AvgIpc) is 2.61. The summed E-state index contributed by atoms with van der Waals surface area (Å²) < 4.78 is 1.03. The number of hydrogen-bond donors (Lipinski definition) is 2. The smallest absolute Gasteiger partial charge is 0.326 e. The molecule has 26 heavy (non-hydrogen) atoms. The first-order valence-corrected chi connectivity index (χ1v) is 9.33. The van der Waals surface area contributed by atoms with Crippen molar-refractivity contribution in [1.82, 2.24) is 5.32 Å². The maximum Gasteiger partial charge on any atom is 0.326 e. The Hall–Kier alpha value is -2.41. The number of carboxylic acid groups (broad SMARTS) is 1. The molecule has 1 atom stereocenters. The Balaban J connectivity index is 1.68. The minimum atomic E-state index is -1.03. The van der Waals surface area contributed by atoms with Crippen molar-refractivity contribution in [1.29, 1.82) is 0 Å². The molecule has 0 radical (unpaired) electrons. The highest BCUT2D eigenvalue weighted by molar-refractivity contribution is 14.1. The zero-order valence-electron chi connectivity index (χ0n) is 14.0. The fourth-order valence-corrected chi connectivity index (χ4v) is 3.49. The highest BCUT2D eigenvalue weighted by Gasteiger charge is 2.20. The number of hydrogen-bond acceptors (Lipinski definition) is 2. The minimum Gasteiger partial charge on any atom is -0.480 e. The van der Waals surface area contributed by atoms with Gasteiger partial charge in [-0.1, -0.05) is 54.6 Å². The highest BCUT2D eigenvalue weighted by atomic mass is 127. The maximum absolute atomic E-state index is 12.3. The van der Waals surface area contributed by atoms with Crippen molar-refractivity contribution in [3.63, 3.8) is 0 Å². The molecule has 0 heterocycles. The Morgan fingerprint density at radius 3 is 2.42 bits per heavy atom. The minimum absolute atomic E-state index is 0.154. The van der Waals surface area contributed by atoms with Gasteiger partial charge in [0.25, 0.3) is 0 Å². The van der Waals surface area contributed by atoms with Gasteiger partial charge in [-0.05, 0) is 56.6 Å². The molecule has 3 aromatic carbocycles. The van der Waals surface area contributed by atoms with Crippen LogP contribution >= 0.6 is 22.6 Å². The fourth-order valence-electron chi connectivity index (χ4n) is 2.88. The van der Waals surface area contributed by atoms with Crippen LogP contribution in [-0.4, -0.2) is 23.0 Å². The molecule has 3 rings (SSSR count). The number of carbonyl (C=O) groups is 2. The van der Waals surface area contributed by atoms with Crippen molar-refractivity contribution >= 4 is 45.2 Å².